The van der Waals surface area contributed by atoms with E-state index in [9.17, 15) is 0 Å². The summed E-state index contributed by atoms with van der Waals surface area (Å²) in [6, 6.07) is 2.09. The van der Waals surface area contributed by atoms with Crippen LogP contribution in [-0.4, -0.2) is 14.5 Å². The van der Waals surface area contributed by atoms with E-state index in [1.54, 1.807) is 6.33 Å². The Morgan fingerprint density at radius 3 is 2.86 bits per heavy atom. The monoisotopic (exact) mass is 189 g/mol. The van der Waals surface area contributed by atoms with E-state index < -0.39 is 0 Å². The van der Waals surface area contributed by atoms with Crippen molar-refractivity contribution in [2.24, 2.45) is 5.92 Å². The van der Waals surface area contributed by atoms with E-state index in [1.807, 2.05) is 6.92 Å². The molecule has 3 heteroatoms. The molecule has 2 aromatic rings. The molecule has 0 spiro atoms. The lowest BCUT2D eigenvalue weighted by molar-refractivity contribution is 0.533. The van der Waals surface area contributed by atoms with Gasteiger partial charge in [0, 0.05) is 18.1 Å². The van der Waals surface area contributed by atoms with Crippen molar-refractivity contribution in [1.29, 1.82) is 0 Å². The summed E-state index contributed by atoms with van der Waals surface area (Å²) in [5, 5.41) is 1.16. The maximum absolute atomic E-state index is 4.31. The number of aryl methyl sites for hydroxylation is 1. The average Bonchev–Trinajstić information content (AvgIpc) is 2.49. The molecule has 0 aliphatic rings. The summed E-state index contributed by atoms with van der Waals surface area (Å²) in [6.45, 7) is 7.45. The maximum atomic E-state index is 4.31. The smallest absolute Gasteiger partial charge is 0.143 e. The van der Waals surface area contributed by atoms with Gasteiger partial charge in [-0.1, -0.05) is 13.8 Å². The molecular formula is C11H15N3. The molecule has 14 heavy (non-hydrogen) atoms. The number of aromatic nitrogens is 3. The minimum Gasteiger partial charge on any atom is -0.332 e. The minimum absolute atomic E-state index is 0.640. The van der Waals surface area contributed by atoms with Crippen LogP contribution in [0.4, 0.5) is 0 Å². The number of nitrogens with zero attached hydrogens (tertiary/aromatic N) is 3. The molecule has 0 unspecified atom stereocenters. The van der Waals surface area contributed by atoms with Gasteiger partial charge >= 0.3 is 0 Å². The molecule has 0 aliphatic carbocycles. The van der Waals surface area contributed by atoms with Crippen LogP contribution in [0.5, 0.6) is 0 Å². The molecule has 0 saturated heterocycles. The van der Waals surface area contributed by atoms with Crippen molar-refractivity contribution in [3.63, 3.8) is 0 Å². The van der Waals surface area contributed by atoms with Crippen LogP contribution >= 0.6 is 0 Å². The Labute approximate surface area is 83.8 Å². The second kappa shape index (κ2) is 3.40. The summed E-state index contributed by atoms with van der Waals surface area (Å²) in [6.07, 6.45) is 3.72. The van der Waals surface area contributed by atoms with E-state index in [1.165, 1.54) is 0 Å². The lowest BCUT2D eigenvalue weighted by Gasteiger charge is -2.07. The number of hydrogen-bond acceptors (Lipinski definition) is 2. The SMILES string of the molecule is Cc1ncnc2c1ccn2CC(C)C. The van der Waals surface area contributed by atoms with Gasteiger partial charge < -0.3 is 4.57 Å². The molecule has 0 atom stereocenters. The predicted octanol–water partition coefficient (Wildman–Crippen LogP) is 2.40. The Bertz CT molecular complexity index is 443. The van der Waals surface area contributed by atoms with Gasteiger partial charge in [0.15, 0.2) is 0 Å². The molecule has 74 valence electrons. The topological polar surface area (TPSA) is 30.7 Å². The molecule has 0 fully saturated rings. The third kappa shape index (κ3) is 1.50. The largest absolute Gasteiger partial charge is 0.332 e. The number of hydrogen-bond donors (Lipinski definition) is 0. The highest BCUT2D eigenvalue weighted by Crippen LogP contribution is 2.16. The van der Waals surface area contributed by atoms with Gasteiger partial charge in [0.05, 0.1) is 5.69 Å². The van der Waals surface area contributed by atoms with Gasteiger partial charge in [0.2, 0.25) is 0 Å². The van der Waals surface area contributed by atoms with Crippen molar-refractivity contribution in [2.45, 2.75) is 27.3 Å². The van der Waals surface area contributed by atoms with Gasteiger partial charge in [-0.25, -0.2) is 9.97 Å². The molecular weight excluding hydrogens is 174 g/mol. The lowest BCUT2D eigenvalue weighted by atomic mass is 10.2. The number of rotatable bonds is 2. The van der Waals surface area contributed by atoms with E-state index >= 15 is 0 Å². The molecule has 0 radical (unpaired) electrons. The second-order valence-electron chi connectivity index (χ2n) is 4.06. The van der Waals surface area contributed by atoms with E-state index in [-0.39, 0.29) is 0 Å². The summed E-state index contributed by atoms with van der Waals surface area (Å²) >= 11 is 0. The normalized spacial score (nSPS) is 11.4. The van der Waals surface area contributed by atoms with Crippen LogP contribution in [0.3, 0.4) is 0 Å². The van der Waals surface area contributed by atoms with Crippen molar-refractivity contribution in [3.8, 4) is 0 Å². The van der Waals surface area contributed by atoms with Crippen LogP contribution in [0, 0.1) is 12.8 Å². The van der Waals surface area contributed by atoms with E-state index in [2.05, 4.69) is 40.6 Å². The molecule has 0 aliphatic heterocycles. The summed E-state index contributed by atoms with van der Waals surface area (Å²) in [4.78, 5) is 8.48. The first-order valence-corrected chi connectivity index (χ1v) is 4.95. The van der Waals surface area contributed by atoms with Gasteiger partial charge in [-0.2, -0.15) is 0 Å². The first-order chi connectivity index (χ1) is 6.68. The van der Waals surface area contributed by atoms with Crippen LogP contribution in [0.2, 0.25) is 0 Å². The fourth-order valence-corrected chi connectivity index (χ4v) is 1.67. The highest BCUT2D eigenvalue weighted by molar-refractivity contribution is 5.78. The van der Waals surface area contributed by atoms with Crippen molar-refractivity contribution in [1.82, 2.24) is 14.5 Å². The van der Waals surface area contributed by atoms with Crippen molar-refractivity contribution >= 4 is 11.0 Å². The molecule has 0 aromatic carbocycles. The molecule has 3 nitrogen and oxygen atoms in total. The Hall–Kier alpha value is -1.38. The Morgan fingerprint density at radius 2 is 2.14 bits per heavy atom. The fourth-order valence-electron chi connectivity index (χ4n) is 1.67. The lowest BCUT2D eigenvalue weighted by Crippen LogP contribution is -2.03. The molecule has 2 rings (SSSR count). The van der Waals surface area contributed by atoms with Gasteiger partial charge in [0.1, 0.15) is 12.0 Å². The Kier molecular flexibility index (Phi) is 2.23. The van der Waals surface area contributed by atoms with Gasteiger partial charge in [0.25, 0.3) is 0 Å². The van der Waals surface area contributed by atoms with Gasteiger partial charge in [-0.15, -0.1) is 0 Å². The molecule has 2 heterocycles. The molecule has 0 bridgehead atoms. The van der Waals surface area contributed by atoms with Crippen molar-refractivity contribution in [3.05, 3.63) is 24.3 Å². The zero-order chi connectivity index (χ0) is 10.1. The minimum atomic E-state index is 0.640. The van der Waals surface area contributed by atoms with Crippen molar-refractivity contribution < 1.29 is 0 Å². The summed E-state index contributed by atoms with van der Waals surface area (Å²) in [5.74, 6) is 0.640. The average molecular weight is 189 g/mol. The van der Waals surface area contributed by atoms with Gasteiger partial charge in [-0.05, 0) is 18.9 Å². The zero-order valence-corrected chi connectivity index (χ0v) is 8.86. The fraction of sp³-hybridized carbons (Fsp3) is 0.455. The first-order valence-electron chi connectivity index (χ1n) is 4.95. The predicted molar refractivity (Wildman–Crippen MR) is 57.1 cm³/mol. The standard InChI is InChI=1S/C11H15N3/c1-8(2)6-14-5-4-10-9(3)12-7-13-11(10)14/h4-5,7-8H,6H2,1-3H3. The summed E-state index contributed by atoms with van der Waals surface area (Å²) < 4.78 is 2.19. The zero-order valence-electron chi connectivity index (χ0n) is 8.86. The number of fused-ring (bicyclic) bond motifs is 1. The Morgan fingerprint density at radius 1 is 1.36 bits per heavy atom. The van der Waals surface area contributed by atoms with Crippen molar-refractivity contribution in [2.75, 3.05) is 0 Å². The summed E-state index contributed by atoms with van der Waals surface area (Å²) in [5.41, 5.74) is 2.10. The van der Waals surface area contributed by atoms with E-state index in [0.29, 0.717) is 5.92 Å². The van der Waals surface area contributed by atoms with Crippen LogP contribution in [-0.2, 0) is 6.54 Å². The second-order valence-corrected chi connectivity index (χ2v) is 4.06. The summed E-state index contributed by atoms with van der Waals surface area (Å²) in [7, 11) is 0. The molecule has 0 amide bonds. The van der Waals surface area contributed by atoms with Crippen LogP contribution in [0.1, 0.15) is 19.5 Å². The third-order valence-electron chi connectivity index (χ3n) is 2.32. The van der Waals surface area contributed by atoms with Crippen LogP contribution < -0.4 is 0 Å². The molecule has 2 aromatic heterocycles. The molecule has 0 saturated carbocycles. The van der Waals surface area contributed by atoms with Crippen LogP contribution in [0.15, 0.2) is 18.6 Å². The molecule has 0 N–H and O–H groups in total. The van der Waals surface area contributed by atoms with E-state index in [0.717, 1.165) is 23.3 Å². The highest BCUT2D eigenvalue weighted by atomic mass is 15.0. The highest BCUT2D eigenvalue weighted by Gasteiger charge is 2.05. The first kappa shape index (κ1) is 9.19. The quantitative estimate of drug-likeness (QED) is 0.726. The van der Waals surface area contributed by atoms with E-state index in [4.69, 9.17) is 0 Å². The van der Waals surface area contributed by atoms with Crippen LogP contribution in [0.25, 0.3) is 11.0 Å². The Balaban J connectivity index is 2.52. The van der Waals surface area contributed by atoms with Gasteiger partial charge in [-0.3, -0.25) is 0 Å². The maximum Gasteiger partial charge on any atom is 0.143 e. The third-order valence-corrected chi connectivity index (χ3v) is 2.32.